The number of nitrogens with one attached hydrogen (secondary N) is 1. The number of aromatic amines is 1. The fourth-order valence-corrected chi connectivity index (χ4v) is 4.67. The zero-order valence-electron chi connectivity index (χ0n) is 17.0. The molecule has 1 unspecified atom stereocenters. The Morgan fingerprint density at radius 1 is 1.32 bits per heavy atom. The van der Waals surface area contributed by atoms with E-state index in [1.165, 1.54) is 43.4 Å². The second-order valence-corrected chi connectivity index (χ2v) is 7.75. The predicted octanol–water partition coefficient (Wildman–Crippen LogP) is 3.03. The van der Waals surface area contributed by atoms with Crippen LogP contribution in [0.2, 0.25) is 0 Å². The van der Waals surface area contributed by atoms with Crippen molar-refractivity contribution in [1.82, 2.24) is 14.9 Å². The molecule has 3 fully saturated rings. The fourth-order valence-electron chi connectivity index (χ4n) is 4.67. The number of benzene rings is 1. The van der Waals surface area contributed by atoms with Crippen LogP contribution in [0.1, 0.15) is 29.9 Å². The molecule has 3 aliphatic rings. The highest BCUT2D eigenvalue weighted by molar-refractivity contribution is 6.06. The first-order valence-electron chi connectivity index (χ1n) is 10.0. The number of nitrogens with two attached hydrogens (primary N) is 1. The lowest BCUT2D eigenvalue weighted by Gasteiger charge is -2.44. The summed E-state index contributed by atoms with van der Waals surface area (Å²) in [7, 11) is 3.23. The van der Waals surface area contributed by atoms with Crippen LogP contribution in [0.25, 0.3) is 22.0 Å². The maximum atomic E-state index is 5.77. The van der Waals surface area contributed by atoms with Gasteiger partial charge in [-0.1, -0.05) is 0 Å². The summed E-state index contributed by atoms with van der Waals surface area (Å²) in [5.41, 5.74) is 10.4. The molecule has 0 radical (unpaired) electrons. The monoisotopic (exact) mass is 386 g/mol. The van der Waals surface area contributed by atoms with E-state index in [1.807, 2.05) is 0 Å². The molecule has 0 amide bonds. The van der Waals surface area contributed by atoms with Crippen LogP contribution in [0.3, 0.4) is 0 Å². The summed E-state index contributed by atoms with van der Waals surface area (Å²) in [6.45, 7) is 7.03. The van der Waals surface area contributed by atoms with Gasteiger partial charge in [-0.15, -0.1) is 0 Å². The molecule has 7 heteroatoms. The number of ether oxygens (including phenoxy) is 2. The smallest absolute Gasteiger partial charge is 0.394 e. The van der Waals surface area contributed by atoms with Gasteiger partial charge >= 0.3 is 6.08 Å². The third kappa shape index (κ3) is 3.38. The Morgan fingerprint density at radius 2 is 2.11 bits per heavy atom. The molecule has 152 valence electrons. The number of piperidine rings is 3. The summed E-state index contributed by atoms with van der Waals surface area (Å²) in [5.74, 6) is 1.39. The molecule has 2 aromatic heterocycles. The Balaban J connectivity index is 0.000000346. The molecule has 5 heterocycles. The third-order valence-electron chi connectivity index (χ3n) is 6.06. The number of oxazole rings is 1. The standard InChI is InChI=1S/C18H21N3O2.C3H9NO/c1-10-7-14-15(16-17(10)23-18(20-16)22-2)12(8-19-14)13-9-21-5-3-11(13)4-6-21;1-5-3-2-4/h7-8,11,13,19H,3-6,9H2,1-2H3;2-4H2,1H3. The topological polar surface area (TPSA) is 89.5 Å². The van der Waals surface area contributed by atoms with Crippen LogP contribution in [0.15, 0.2) is 16.7 Å². The number of aryl methyl sites for hydroxylation is 1. The van der Waals surface area contributed by atoms with E-state index in [0.29, 0.717) is 25.1 Å². The summed E-state index contributed by atoms with van der Waals surface area (Å²) < 4.78 is 15.6. The first-order valence-corrected chi connectivity index (χ1v) is 10.0. The van der Waals surface area contributed by atoms with Crippen LogP contribution in [0, 0.1) is 12.8 Å². The van der Waals surface area contributed by atoms with Crippen molar-refractivity contribution < 1.29 is 13.9 Å². The zero-order valence-corrected chi connectivity index (χ0v) is 17.0. The maximum absolute atomic E-state index is 5.77. The summed E-state index contributed by atoms with van der Waals surface area (Å²) in [5, 5.41) is 1.22. The maximum Gasteiger partial charge on any atom is 0.394 e. The number of rotatable bonds is 4. The molecule has 0 aliphatic carbocycles. The van der Waals surface area contributed by atoms with Crippen molar-refractivity contribution in [2.75, 3.05) is 47.0 Å². The molecule has 3 N–H and O–H groups in total. The van der Waals surface area contributed by atoms with E-state index in [0.717, 1.165) is 28.1 Å². The lowest BCUT2D eigenvalue weighted by atomic mass is 9.75. The van der Waals surface area contributed by atoms with Crippen molar-refractivity contribution in [2.45, 2.75) is 25.7 Å². The minimum absolute atomic E-state index is 0.344. The quantitative estimate of drug-likeness (QED) is 0.716. The van der Waals surface area contributed by atoms with Gasteiger partial charge in [0.05, 0.1) is 13.7 Å². The highest BCUT2D eigenvalue weighted by atomic mass is 16.6. The Hall–Kier alpha value is -2.09. The van der Waals surface area contributed by atoms with Crippen molar-refractivity contribution in [3.05, 3.63) is 23.4 Å². The van der Waals surface area contributed by atoms with Crippen LogP contribution in [0.4, 0.5) is 0 Å². The number of nitrogens with zero attached hydrogens (tertiary/aromatic N) is 2. The van der Waals surface area contributed by atoms with Gasteiger partial charge in [0.2, 0.25) is 0 Å². The number of H-pyrrole nitrogens is 1. The van der Waals surface area contributed by atoms with Gasteiger partial charge in [-0.05, 0) is 56.0 Å². The fraction of sp³-hybridized carbons (Fsp3) is 0.571. The van der Waals surface area contributed by atoms with Gasteiger partial charge in [-0.2, -0.15) is 4.98 Å². The average molecular weight is 386 g/mol. The van der Waals surface area contributed by atoms with Gasteiger partial charge in [0.15, 0.2) is 5.58 Å². The molecule has 0 saturated carbocycles. The van der Waals surface area contributed by atoms with Gasteiger partial charge in [0, 0.05) is 43.2 Å². The van der Waals surface area contributed by atoms with Crippen molar-refractivity contribution in [3.63, 3.8) is 0 Å². The van der Waals surface area contributed by atoms with E-state index in [4.69, 9.17) is 14.9 Å². The molecule has 0 spiro atoms. The van der Waals surface area contributed by atoms with Crippen LogP contribution in [-0.2, 0) is 4.74 Å². The van der Waals surface area contributed by atoms with Gasteiger partial charge in [0.1, 0.15) is 5.52 Å². The van der Waals surface area contributed by atoms with Gasteiger partial charge in [-0.3, -0.25) is 0 Å². The van der Waals surface area contributed by atoms with Crippen molar-refractivity contribution in [2.24, 2.45) is 11.7 Å². The molecular formula is C21H30N4O3. The SMILES string of the molecule is COCCN.COc1nc2c(o1)c(C)cc1[nH]cc(C3CN4CCC3CC4)c12. The number of fused-ring (bicyclic) bond motifs is 6. The van der Waals surface area contributed by atoms with Crippen LogP contribution < -0.4 is 10.5 Å². The van der Waals surface area contributed by atoms with Crippen LogP contribution >= 0.6 is 0 Å². The molecule has 2 bridgehead atoms. The molecule has 3 saturated heterocycles. The predicted molar refractivity (Wildman–Crippen MR) is 110 cm³/mol. The molecule has 3 aromatic rings. The Bertz CT molecular complexity index is 938. The number of hydrogen-bond donors (Lipinski definition) is 2. The van der Waals surface area contributed by atoms with E-state index in [-0.39, 0.29) is 0 Å². The minimum Gasteiger partial charge on any atom is -0.453 e. The number of hydrogen-bond acceptors (Lipinski definition) is 6. The zero-order chi connectivity index (χ0) is 19.7. The number of methoxy groups -OCH3 is 2. The lowest BCUT2D eigenvalue weighted by Crippen LogP contribution is -2.46. The summed E-state index contributed by atoms with van der Waals surface area (Å²) >= 11 is 0. The Labute approximate surface area is 165 Å². The van der Waals surface area contributed by atoms with Crippen LogP contribution in [-0.4, -0.2) is 61.9 Å². The van der Waals surface area contributed by atoms with E-state index in [9.17, 15) is 0 Å². The molecule has 28 heavy (non-hydrogen) atoms. The Kier molecular flexibility index (Phi) is 5.57. The van der Waals surface area contributed by atoms with E-state index in [2.05, 4.69) is 38.8 Å². The molecule has 3 aliphatic heterocycles. The van der Waals surface area contributed by atoms with E-state index < -0.39 is 0 Å². The van der Waals surface area contributed by atoms with Gasteiger partial charge < -0.3 is 29.5 Å². The minimum atomic E-state index is 0.344. The molecule has 6 rings (SSSR count). The highest BCUT2D eigenvalue weighted by Crippen LogP contribution is 2.43. The Morgan fingerprint density at radius 3 is 2.68 bits per heavy atom. The van der Waals surface area contributed by atoms with Gasteiger partial charge in [-0.25, -0.2) is 0 Å². The lowest BCUT2D eigenvalue weighted by molar-refractivity contribution is 0.0877. The van der Waals surface area contributed by atoms with Crippen molar-refractivity contribution >= 4 is 22.0 Å². The second kappa shape index (κ2) is 8.11. The molecule has 7 nitrogen and oxygen atoms in total. The van der Waals surface area contributed by atoms with E-state index >= 15 is 0 Å². The summed E-state index contributed by atoms with van der Waals surface area (Å²) in [6.07, 6.45) is 5.16. The molecule has 1 aromatic carbocycles. The van der Waals surface area contributed by atoms with Crippen molar-refractivity contribution in [3.8, 4) is 6.08 Å². The first kappa shape index (κ1) is 19.2. The normalized spacial score (nSPS) is 23.8. The largest absolute Gasteiger partial charge is 0.453 e. The highest BCUT2D eigenvalue weighted by Gasteiger charge is 2.36. The summed E-state index contributed by atoms with van der Waals surface area (Å²) in [4.78, 5) is 10.6. The van der Waals surface area contributed by atoms with Gasteiger partial charge in [0.25, 0.3) is 0 Å². The molecule has 1 atom stereocenters. The third-order valence-corrected chi connectivity index (χ3v) is 6.06. The second-order valence-electron chi connectivity index (χ2n) is 7.75. The van der Waals surface area contributed by atoms with E-state index in [1.54, 1.807) is 14.2 Å². The summed E-state index contributed by atoms with van der Waals surface area (Å²) in [6, 6.07) is 2.16. The van der Waals surface area contributed by atoms with Crippen molar-refractivity contribution in [1.29, 1.82) is 0 Å². The average Bonchev–Trinajstić information content (AvgIpc) is 3.34. The first-order chi connectivity index (χ1) is 13.7. The molecular weight excluding hydrogens is 356 g/mol. The number of aromatic nitrogens is 2. The van der Waals surface area contributed by atoms with Crippen LogP contribution in [0.5, 0.6) is 6.08 Å².